The second-order valence-electron chi connectivity index (χ2n) is 9.28. The summed E-state index contributed by atoms with van der Waals surface area (Å²) in [6.45, 7) is 11.6. The first-order valence-electron chi connectivity index (χ1n) is 9.07. The highest BCUT2D eigenvalue weighted by Gasteiger charge is 2.35. The van der Waals surface area contributed by atoms with Crippen molar-refractivity contribution in [1.29, 1.82) is 0 Å². The number of rotatable bonds is 3. The van der Waals surface area contributed by atoms with E-state index in [4.69, 9.17) is 4.84 Å². The summed E-state index contributed by atoms with van der Waals surface area (Å²) in [4.78, 5) is 29.7. The third kappa shape index (κ3) is 5.30. The van der Waals surface area contributed by atoms with Crippen molar-refractivity contribution in [2.75, 3.05) is 13.1 Å². The van der Waals surface area contributed by atoms with Gasteiger partial charge in [0, 0.05) is 25.4 Å². The largest absolute Gasteiger partial charge is 0.367 e. The number of hydrogen-bond donors (Lipinski definition) is 0. The number of carbonyl (C=O) groups excluding carboxylic acids is 2. The summed E-state index contributed by atoms with van der Waals surface area (Å²) < 4.78 is 0. The average Bonchev–Trinajstić information content (AvgIpc) is 2.42. The molecule has 2 rings (SSSR count). The van der Waals surface area contributed by atoms with Crippen LogP contribution in [-0.4, -0.2) is 29.9 Å². The Labute approximate surface area is 140 Å². The van der Waals surface area contributed by atoms with E-state index in [0.29, 0.717) is 11.7 Å². The van der Waals surface area contributed by atoms with Crippen molar-refractivity contribution in [3.05, 3.63) is 0 Å². The second-order valence-corrected chi connectivity index (χ2v) is 9.28. The summed E-state index contributed by atoms with van der Waals surface area (Å²) in [6, 6.07) is 0. The predicted molar refractivity (Wildman–Crippen MR) is 90.6 cm³/mol. The van der Waals surface area contributed by atoms with E-state index in [9.17, 15) is 9.59 Å². The highest BCUT2D eigenvalue weighted by Crippen LogP contribution is 2.39. The molecule has 2 aliphatic rings. The molecule has 1 saturated carbocycles. The van der Waals surface area contributed by atoms with Crippen LogP contribution >= 0.6 is 0 Å². The molecule has 0 aromatic carbocycles. The molecular formula is C19H33NO3. The van der Waals surface area contributed by atoms with Crippen molar-refractivity contribution in [2.24, 2.45) is 22.7 Å². The van der Waals surface area contributed by atoms with Gasteiger partial charge < -0.3 is 4.84 Å². The van der Waals surface area contributed by atoms with Gasteiger partial charge in [0.1, 0.15) is 5.78 Å². The first-order valence-corrected chi connectivity index (χ1v) is 9.07. The van der Waals surface area contributed by atoms with Crippen LogP contribution in [0.3, 0.4) is 0 Å². The lowest BCUT2D eigenvalue weighted by Crippen LogP contribution is -2.39. The summed E-state index contributed by atoms with van der Waals surface area (Å²) in [6.07, 6.45) is 6.00. The summed E-state index contributed by atoms with van der Waals surface area (Å²) in [5, 5.41) is 1.80. The monoisotopic (exact) mass is 323 g/mol. The Hall–Kier alpha value is -0.900. The molecule has 23 heavy (non-hydrogen) atoms. The average molecular weight is 323 g/mol. The fourth-order valence-electron chi connectivity index (χ4n) is 3.57. The first-order chi connectivity index (χ1) is 10.6. The second kappa shape index (κ2) is 6.92. The zero-order valence-corrected chi connectivity index (χ0v) is 15.5. The molecule has 0 amide bonds. The normalized spacial score (nSPS) is 27.0. The molecule has 0 radical (unpaired) electrons. The summed E-state index contributed by atoms with van der Waals surface area (Å²) in [5.41, 5.74) is -0.268. The molecule has 132 valence electrons. The van der Waals surface area contributed by atoms with Gasteiger partial charge in [-0.1, -0.05) is 13.8 Å². The molecule has 4 nitrogen and oxygen atoms in total. The molecule has 0 aromatic heterocycles. The Morgan fingerprint density at radius 1 is 1.22 bits per heavy atom. The van der Waals surface area contributed by atoms with Crippen LogP contribution in [0.4, 0.5) is 0 Å². The fraction of sp³-hybridized carbons (Fsp3) is 0.895. The van der Waals surface area contributed by atoms with Crippen LogP contribution in [0, 0.1) is 22.7 Å². The molecular weight excluding hydrogens is 290 g/mol. The van der Waals surface area contributed by atoms with Gasteiger partial charge in [-0.25, -0.2) is 4.79 Å². The van der Waals surface area contributed by atoms with E-state index in [-0.39, 0.29) is 17.3 Å². The molecule has 1 saturated heterocycles. The molecule has 0 aromatic rings. The lowest BCUT2D eigenvalue weighted by molar-refractivity contribution is -0.206. The molecule has 0 N–H and O–H groups in total. The van der Waals surface area contributed by atoms with Crippen LogP contribution in [0.1, 0.15) is 73.1 Å². The molecule has 1 aliphatic carbocycles. The minimum Gasteiger partial charge on any atom is -0.367 e. The highest BCUT2D eigenvalue weighted by atomic mass is 16.7. The van der Waals surface area contributed by atoms with Crippen LogP contribution in [0.15, 0.2) is 0 Å². The SMILES string of the molecule is CC1(C)CCC(CC2CCN(OC(=O)C(C)(C)C)CC2)C(=O)C1. The van der Waals surface area contributed by atoms with Crippen LogP contribution in [0.2, 0.25) is 0 Å². The van der Waals surface area contributed by atoms with Crippen molar-refractivity contribution in [1.82, 2.24) is 5.06 Å². The summed E-state index contributed by atoms with van der Waals surface area (Å²) in [5.74, 6) is 1.15. The molecule has 4 heteroatoms. The van der Waals surface area contributed by atoms with Crippen molar-refractivity contribution in [3.8, 4) is 0 Å². The number of carbonyl (C=O) groups is 2. The number of piperidine rings is 1. The van der Waals surface area contributed by atoms with Gasteiger partial charge in [0.25, 0.3) is 0 Å². The highest BCUT2D eigenvalue weighted by molar-refractivity contribution is 5.82. The van der Waals surface area contributed by atoms with Gasteiger partial charge in [0.05, 0.1) is 5.41 Å². The van der Waals surface area contributed by atoms with Crippen LogP contribution in [0.25, 0.3) is 0 Å². The number of nitrogens with zero attached hydrogens (tertiary/aromatic N) is 1. The maximum Gasteiger partial charge on any atom is 0.330 e. The van der Waals surface area contributed by atoms with Gasteiger partial charge >= 0.3 is 5.97 Å². The smallest absolute Gasteiger partial charge is 0.330 e. The molecule has 0 spiro atoms. The zero-order chi connectivity index (χ0) is 17.3. The number of ketones is 1. The van der Waals surface area contributed by atoms with E-state index >= 15 is 0 Å². The lowest BCUT2D eigenvalue weighted by atomic mass is 9.69. The quantitative estimate of drug-likeness (QED) is 0.788. The molecule has 1 aliphatic heterocycles. The minimum absolute atomic E-state index is 0.166. The van der Waals surface area contributed by atoms with E-state index in [0.717, 1.165) is 51.6 Å². The molecule has 2 fully saturated rings. The van der Waals surface area contributed by atoms with E-state index in [1.807, 2.05) is 20.8 Å². The van der Waals surface area contributed by atoms with Gasteiger partial charge in [0.15, 0.2) is 0 Å². The maximum absolute atomic E-state index is 12.3. The topological polar surface area (TPSA) is 46.6 Å². The molecule has 0 bridgehead atoms. The van der Waals surface area contributed by atoms with Crippen LogP contribution in [0.5, 0.6) is 0 Å². The van der Waals surface area contributed by atoms with E-state index in [1.54, 1.807) is 5.06 Å². The van der Waals surface area contributed by atoms with Crippen molar-refractivity contribution < 1.29 is 14.4 Å². The van der Waals surface area contributed by atoms with E-state index < -0.39 is 5.41 Å². The molecule has 1 atom stereocenters. The van der Waals surface area contributed by atoms with Crippen molar-refractivity contribution in [3.63, 3.8) is 0 Å². The number of Topliss-reactive ketones (excluding diaryl/α,β-unsaturated/α-hetero) is 1. The molecule has 1 heterocycles. The Morgan fingerprint density at radius 2 is 1.83 bits per heavy atom. The Balaban J connectivity index is 1.75. The number of hydrogen-bond acceptors (Lipinski definition) is 4. The van der Waals surface area contributed by atoms with Gasteiger partial charge in [-0.05, 0) is 64.2 Å². The van der Waals surface area contributed by atoms with Gasteiger partial charge in [0.2, 0.25) is 0 Å². The van der Waals surface area contributed by atoms with E-state index in [2.05, 4.69) is 13.8 Å². The maximum atomic E-state index is 12.3. The number of hydroxylamine groups is 2. The van der Waals surface area contributed by atoms with Crippen molar-refractivity contribution >= 4 is 11.8 Å². The Morgan fingerprint density at radius 3 is 2.35 bits per heavy atom. The summed E-state index contributed by atoms with van der Waals surface area (Å²) >= 11 is 0. The first kappa shape index (κ1) is 18.4. The predicted octanol–water partition coefficient (Wildman–Crippen LogP) is 3.99. The van der Waals surface area contributed by atoms with Crippen LogP contribution < -0.4 is 0 Å². The lowest BCUT2D eigenvalue weighted by Gasteiger charge is -2.37. The van der Waals surface area contributed by atoms with Gasteiger partial charge in [-0.15, -0.1) is 5.06 Å². The van der Waals surface area contributed by atoms with Crippen molar-refractivity contribution in [2.45, 2.75) is 73.1 Å². The minimum atomic E-state index is -0.460. The van der Waals surface area contributed by atoms with E-state index in [1.165, 1.54) is 0 Å². The van der Waals surface area contributed by atoms with Gasteiger partial charge in [-0.2, -0.15) is 0 Å². The zero-order valence-electron chi connectivity index (χ0n) is 15.5. The van der Waals surface area contributed by atoms with Crippen LogP contribution in [-0.2, 0) is 14.4 Å². The molecule has 1 unspecified atom stereocenters. The Bertz CT molecular complexity index is 442. The standard InChI is InChI=1S/C19H33NO3/c1-18(2,3)17(22)23-20-10-7-14(8-11-20)12-15-6-9-19(4,5)13-16(15)21/h14-15H,6-13H2,1-5H3. The third-order valence-corrected chi connectivity index (χ3v) is 5.29. The summed E-state index contributed by atoms with van der Waals surface area (Å²) in [7, 11) is 0. The Kier molecular flexibility index (Phi) is 5.55. The third-order valence-electron chi connectivity index (χ3n) is 5.29. The fourth-order valence-corrected chi connectivity index (χ4v) is 3.57. The van der Waals surface area contributed by atoms with Gasteiger partial charge in [-0.3, -0.25) is 4.79 Å².